The van der Waals surface area contributed by atoms with Crippen LogP contribution in [0.15, 0.2) is 72.8 Å². The monoisotopic (exact) mass is 513 g/mol. The van der Waals surface area contributed by atoms with Crippen molar-refractivity contribution >= 4 is 11.9 Å². The van der Waals surface area contributed by atoms with Crippen molar-refractivity contribution in [3.8, 4) is 5.75 Å². The van der Waals surface area contributed by atoms with Gasteiger partial charge in [0.1, 0.15) is 18.4 Å². The number of nitrogens with zero attached hydrogens (tertiary/aromatic N) is 1. The summed E-state index contributed by atoms with van der Waals surface area (Å²) in [5.41, 5.74) is 4.52. The van der Waals surface area contributed by atoms with Crippen LogP contribution >= 0.6 is 0 Å². The number of hydrogen-bond acceptors (Lipinski definition) is 4. The van der Waals surface area contributed by atoms with E-state index in [0.29, 0.717) is 12.4 Å². The third-order valence-corrected chi connectivity index (χ3v) is 7.67. The van der Waals surface area contributed by atoms with Gasteiger partial charge in [0.25, 0.3) is 5.91 Å². The maximum Gasteiger partial charge on any atom is 0.326 e. The lowest BCUT2D eigenvalue weighted by Gasteiger charge is -2.38. The maximum absolute atomic E-state index is 14.1. The minimum atomic E-state index is -1.02. The predicted molar refractivity (Wildman–Crippen MR) is 145 cm³/mol. The number of carbonyl (C=O) groups is 2. The number of fused-ring (bicyclic) bond motifs is 1. The molecule has 1 heterocycles. The van der Waals surface area contributed by atoms with Crippen molar-refractivity contribution in [2.24, 2.45) is 0 Å². The lowest BCUT2D eigenvalue weighted by molar-refractivity contribution is -0.161. The SMILES string of the molecule is Cc1ccc2c(c1OCc1ccccc1)C[C@@H](C(=O)O)N(C(=O)[C@H](OC1CCCCC1)c1ccccc1)C2. The highest BCUT2D eigenvalue weighted by Crippen LogP contribution is 2.37. The molecule has 1 saturated carbocycles. The topological polar surface area (TPSA) is 76.1 Å². The summed E-state index contributed by atoms with van der Waals surface area (Å²) in [5.74, 6) is -0.612. The van der Waals surface area contributed by atoms with E-state index in [-0.39, 0.29) is 25.0 Å². The molecule has 0 unspecified atom stereocenters. The number of aliphatic carboxylic acids is 1. The molecule has 0 spiro atoms. The van der Waals surface area contributed by atoms with Crippen LogP contribution in [0.3, 0.4) is 0 Å². The fourth-order valence-corrected chi connectivity index (χ4v) is 5.59. The van der Waals surface area contributed by atoms with Gasteiger partial charge in [0.05, 0.1) is 6.10 Å². The van der Waals surface area contributed by atoms with Crippen LogP contribution in [0.1, 0.15) is 66.0 Å². The van der Waals surface area contributed by atoms with Crippen LogP contribution in [0.5, 0.6) is 5.75 Å². The molecular formula is C32H35NO5. The molecule has 1 fully saturated rings. The first kappa shape index (κ1) is 26.0. The summed E-state index contributed by atoms with van der Waals surface area (Å²) < 4.78 is 12.7. The van der Waals surface area contributed by atoms with Crippen molar-refractivity contribution in [2.75, 3.05) is 0 Å². The standard InChI is InChI=1S/C32H35NO5/c1-22-17-18-25-20-33(28(32(35)36)19-27(25)29(22)37-21-23-11-5-2-6-12-23)31(34)30(24-13-7-3-8-14-24)38-26-15-9-4-10-16-26/h2-3,5-8,11-14,17-18,26,28,30H,4,9-10,15-16,19-21H2,1H3,(H,35,36)/t28-,30+/m0/s1. The van der Waals surface area contributed by atoms with Gasteiger partial charge in [-0.3, -0.25) is 4.79 Å². The Balaban J connectivity index is 1.44. The average molecular weight is 514 g/mol. The summed E-state index contributed by atoms with van der Waals surface area (Å²) >= 11 is 0. The summed E-state index contributed by atoms with van der Waals surface area (Å²) in [6, 6.07) is 22.3. The van der Waals surface area contributed by atoms with E-state index in [2.05, 4.69) is 0 Å². The molecule has 0 aromatic heterocycles. The van der Waals surface area contributed by atoms with E-state index in [1.54, 1.807) is 0 Å². The second-order valence-corrected chi connectivity index (χ2v) is 10.3. The van der Waals surface area contributed by atoms with E-state index in [1.165, 1.54) is 11.3 Å². The fourth-order valence-electron chi connectivity index (χ4n) is 5.59. The zero-order valence-electron chi connectivity index (χ0n) is 21.8. The van der Waals surface area contributed by atoms with Gasteiger partial charge in [-0.2, -0.15) is 0 Å². The summed E-state index contributed by atoms with van der Waals surface area (Å²) in [7, 11) is 0. The Morgan fingerprint density at radius 3 is 2.32 bits per heavy atom. The largest absolute Gasteiger partial charge is 0.488 e. The van der Waals surface area contributed by atoms with Crippen molar-refractivity contribution in [1.29, 1.82) is 0 Å². The molecule has 0 bridgehead atoms. The quantitative estimate of drug-likeness (QED) is 0.400. The van der Waals surface area contributed by atoms with Gasteiger partial charge in [-0.1, -0.05) is 92.1 Å². The first-order valence-corrected chi connectivity index (χ1v) is 13.5. The van der Waals surface area contributed by atoms with Gasteiger partial charge in [0.15, 0.2) is 6.10 Å². The zero-order valence-corrected chi connectivity index (χ0v) is 21.8. The average Bonchev–Trinajstić information content (AvgIpc) is 2.96. The lowest BCUT2D eigenvalue weighted by Crippen LogP contribution is -2.51. The van der Waals surface area contributed by atoms with Gasteiger partial charge in [0.2, 0.25) is 0 Å². The van der Waals surface area contributed by atoms with E-state index in [9.17, 15) is 14.7 Å². The number of ether oxygens (including phenoxy) is 2. The van der Waals surface area contributed by atoms with E-state index in [0.717, 1.165) is 53.5 Å². The first-order valence-electron chi connectivity index (χ1n) is 13.5. The van der Waals surface area contributed by atoms with Crippen LogP contribution in [0.2, 0.25) is 0 Å². The number of benzene rings is 3. The minimum absolute atomic E-state index is 0.00102. The molecule has 1 N–H and O–H groups in total. The Bertz CT molecular complexity index is 1250. The van der Waals surface area contributed by atoms with Crippen LogP contribution in [0.25, 0.3) is 0 Å². The number of hydrogen-bond donors (Lipinski definition) is 1. The molecule has 6 heteroatoms. The molecule has 198 valence electrons. The Hall–Kier alpha value is -3.64. The summed E-state index contributed by atoms with van der Waals surface area (Å²) in [5, 5.41) is 10.2. The van der Waals surface area contributed by atoms with Gasteiger partial charge in [0, 0.05) is 18.5 Å². The fraction of sp³-hybridized carbons (Fsp3) is 0.375. The third-order valence-electron chi connectivity index (χ3n) is 7.67. The molecule has 5 rings (SSSR count). The molecule has 1 amide bonds. The van der Waals surface area contributed by atoms with Crippen LogP contribution in [0.4, 0.5) is 0 Å². The smallest absolute Gasteiger partial charge is 0.326 e. The molecule has 6 nitrogen and oxygen atoms in total. The first-order chi connectivity index (χ1) is 18.5. The van der Waals surface area contributed by atoms with Crippen molar-refractivity contribution in [3.63, 3.8) is 0 Å². The summed E-state index contributed by atoms with van der Waals surface area (Å²) in [4.78, 5) is 28.1. The molecule has 0 radical (unpaired) electrons. The van der Waals surface area contributed by atoms with Gasteiger partial charge >= 0.3 is 5.97 Å². The Kier molecular flexibility index (Phi) is 8.08. The molecule has 38 heavy (non-hydrogen) atoms. The number of amides is 1. The maximum atomic E-state index is 14.1. The van der Waals surface area contributed by atoms with Gasteiger partial charge in [-0.15, -0.1) is 0 Å². The lowest BCUT2D eigenvalue weighted by atomic mass is 9.90. The molecular weight excluding hydrogens is 478 g/mol. The van der Waals surface area contributed by atoms with Crippen molar-refractivity contribution in [2.45, 2.75) is 76.9 Å². The Labute approximate surface area is 224 Å². The van der Waals surface area contributed by atoms with E-state index in [1.807, 2.05) is 79.7 Å². The number of carbonyl (C=O) groups excluding carboxylic acids is 1. The van der Waals surface area contributed by atoms with Crippen LogP contribution in [-0.2, 0) is 33.9 Å². The van der Waals surface area contributed by atoms with E-state index >= 15 is 0 Å². The normalized spacial score (nSPS) is 18.4. The molecule has 2 aliphatic rings. The van der Waals surface area contributed by atoms with Crippen molar-refractivity contribution < 1.29 is 24.2 Å². The molecule has 2 atom stereocenters. The van der Waals surface area contributed by atoms with Crippen molar-refractivity contribution in [3.05, 3.63) is 101 Å². The van der Waals surface area contributed by atoms with Gasteiger partial charge in [-0.05, 0) is 42.0 Å². The second-order valence-electron chi connectivity index (χ2n) is 10.3. The number of aryl methyl sites for hydroxylation is 1. The summed E-state index contributed by atoms with van der Waals surface area (Å²) in [6.45, 7) is 2.56. The number of carboxylic acid groups (broad SMARTS) is 1. The summed E-state index contributed by atoms with van der Waals surface area (Å²) in [6.07, 6.45) is 4.54. The third kappa shape index (κ3) is 5.76. The molecule has 3 aromatic rings. The van der Waals surface area contributed by atoms with Crippen LogP contribution < -0.4 is 4.74 Å². The van der Waals surface area contributed by atoms with Crippen LogP contribution in [0, 0.1) is 6.92 Å². The highest BCUT2D eigenvalue weighted by atomic mass is 16.5. The van der Waals surface area contributed by atoms with Crippen LogP contribution in [-0.4, -0.2) is 34.0 Å². The predicted octanol–water partition coefficient (Wildman–Crippen LogP) is 6.00. The highest BCUT2D eigenvalue weighted by molar-refractivity contribution is 5.88. The Morgan fingerprint density at radius 1 is 0.947 bits per heavy atom. The molecule has 1 aliphatic carbocycles. The molecule has 0 saturated heterocycles. The molecule has 1 aliphatic heterocycles. The highest BCUT2D eigenvalue weighted by Gasteiger charge is 2.40. The van der Waals surface area contributed by atoms with E-state index in [4.69, 9.17) is 9.47 Å². The zero-order chi connectivity index (χ0) is 26.5. The Morgan fingerprint density at radius 2 is 1.63 bits per heavy atom. The number of carboxylic acids is 1. The minimum Gasteiger partial charge on any atom is -0.488 e. The van der Waals surface area contributed by atoms with Gasteiger partial charge < -0.3 is 19.5 Å². The number of rotatable bonds is 8. The van der Waals surface area contributed by atoms with E-state index < -0.39 is 18.1 Å². The second kappa shape index (κ2) is 11.8. The molecule has 3 aromatic carbocycles. The van der Waals surface area contributed by atoms with Gasteiger partial charge in [-0.25, -0.2) is 4.79 Å². The van der Waals surface area contributed by atoms with Crippen molar-refractivity contribution in [1.82, 2.24) is 4.90 Å².